The molecule has 1 unspecified atom stereocenters. The number of nitrogens with two attached hydrogens (primary N) is 1. The predicted octanol–water partition coefficient (Wildman–Crippen LogP) is 3.72. The lowest BCUT2D eigenvalue weighted by Gasteiger charge is -2.23. The van der Waals surface area contributed by atoms with E-state index in [9.17, 15) is 0 Å². The standard InChI is InChI=1S/C13H21Cl2N3/c1-4-9(2)18(3)6-5-17-13-8-11(15)10(14)7-12(13)16/h7-9,17H,4-6,16H2,1-3H3. The zero-order chi connectivity index (χ0) is 13.7. The minimum atomic E-state index is 0.483. The zero-order valence-electron chi connectivity index (χ0n) is 11.1. The minimum Gasteiger partial charge on any atom is -0.397 e. The molecular weight excluding hydrogens is 269 g/mol. The molecule has 0 aromatic heterocycles. The number of benzene rings is 1. The fourth-order valence-corrected chi connectivity index (χ4v) is 1.95. The lowest BCUT2D eigenvalue weighted by molar-refractivity contribution is 0.261. The molecule has 0 amide bonds. The maximum absolute atomic E-state index is 5.96. The molecule has 0 radical (unpaired) electrons. The number of likely N-dealkylation sites (N-methyl/N-ethyl adjacent to an activating group) is 1. The van der Waals surface area contributed by atoms with Gasteiger partial charge in [0.1, 0.15) is 0 Å². The van der Waals surface area contributed by atoms with Crippen LogP contribution in [-0.2, 0) is 0 Å². The Bertz CT molecular complexity index is 396. The Labute approximate surface area is 119 Å². The molecule has 0 bridgehead atoms. The predicted molar refractivity (Wildman–Crippen MR) is 81.7 cm³/mol. The molecule has 0 fully saturated rings. The van der Waals surface area contributed by atoms with Crippen molar-refractivity contribution >= 4 is 34.6 Å². The molecule has 102 valence electrons. The molecular formula is C13H21Cl2N3. The van der Waals surface area contributed by atoms with Gasteiger partial charge >= 0.3 is 0 Å². The van der Waals surface area contributed by atoms with Crippen LogP contribution in [0.3, 0.4) is 0 Å². The van der Waals surface area contributed by atoms with Crippen LogP contribution in [0.2, 0.25) is 10.0 Å². The van der Waals surface area contributed by atoms with Gasteiger partial charge in [0.15, 0.2) is 0 Å². The number of nitrogens with zero attached hydrogens (tertiary/aromatic N) is 1. The minimum absolute atomic E-state index is 0.483. The molecule has 1 atom stereocenters. The molecule has 1 aromatic rings. The van der Waals surface area contributed by atoms with E-state index >= 15 is 0 Å². The van der Waals surface area contributed by atoms with Gasteiger partial charge in [-0.25, -0.2) is 0 Å². The first-order valence-corrected chi connectivity index (χ1v) is 6.90. The van der Waals surface area contributed by atoms with E-state index in [1.807, 2.05) is 0 Å². The van der Waals surface area contributed by atoms with Crippen molar-refractivity contribution < 1.29 is 0 Å². The summed E-state index contributed by atoms with van der Waals surface area (Å²) in [7, 11) is 2.12. The Kier molecular flexibility index (Phi) is 6.06. The van der Waals surface area contributed by atoms with Crippen LogP contribution >= 0.6 is 23.2 Å². The van der Waals surface area contributed by atoms with Crippen LogP contribution < -0.4 is 11.1 Å². The molecule has 0 aliphatic heterocycles. The molecule has 3 nitrogen and oxygen atoms in total. The summed E-state index contributed by atoms with van der Waals surface area (Å²) >= 11 is 11.8. The van der Waals surface area contributed by atoms with Gasteiger partial charge in [-0.15, -0.1) is 0 Å². The highest BCUT2D eigenvalue weighted by Gasteiger charge is 2.07. The van der Waals surface area contributed by atoms with Crippen LogP contribution in [0.4, 0.5) is 11.4 Å². The van der Waals surface area contributed by atoms with Crippen LogP contribution in [0, 0.1) is 0 Å². The first-order valence-electron chi connectivity index (χ1n) is 6.14. The molecule has 3 N–H and O–H groups in total. The number of hydrogen-bond acceptors (Lipinski definition) is 3. The van der Waals surface area contributed by atoms with Gasteiger partial charge in [-0.3, -0.25) is 0 Å². The number of nitrogens with one attached hydrogen (secondary N) is 1. The van der Waals surface area contributed by atoms with Crippen molar-refractivity contribution in [2.45, 2.75) is 26.3 Å². The quantitative estimate of drug-likeness (QED) is 0.785. The second-order valence-electron chi connectivity index (χ2n) is 4.52. The number of rotatable bonds is 6. The van der Waals surface area contributed by atoms with E-state index in [2.05, 4.69) is 31.1 Å². The van der Waals surface area contributed by atoms with Crippen molar-refractivity contribution in [1.29, 1.82) is 0 Å². The monoisotopic (exact) mass is 289 g/mol. The highest BCUT2D eigenvalue weighted by molar-refractivity contribution is 6.42. The van der Waals surface area contributed by atoms with Gasteiger partial charge in [-0.2, -0.15) is 0 Å². The Morgan fingerprint density at radius 3 is 2.56 bits per heavy atom. The average molecular weight is 290 g/mol. The van der Waals surface area contributed by atoms with Gasteiger partial charge in [0, 0.05) is 19.1 Å². The lowest BCUT2D eigenvalue weighted by atomic mass is 10.2. The first-order chi connectivity index (χ1) is 8.45. The molecule has 1 rings (SSSR count). The highest BCUT2D eigenvalue weighted by Crippen LogP contribution is 2.30. The van der Waals surface area contributed by atoms with Crippen molar-refractivity contribution in [2.75, 3.05) is 31.2 Å². The second-order valence-corrected chi connectivity index (χ2v) is 5.33. The van der Waals surface area contributed by atoms with Crippen molar-refractivity contribution in [3.8, 4) is 0 Å². The lowest BCUT2D eigenvalue weighted by Crippen LogP contribution is -2.32. The Morgan fingerprint density at radius 1 is 1.33 bits per heavy atom. The Hall–Kier alpha value is -0.640. The van der Waals surface area contributed by atoms with Crippen molar-refractivity contribution in [2.24, 2.45) is 0 Å². The first kappa shape index (κ1) is 15.4. The van der Waals surface area contributed by atoms with Crippen LogP contribution in [0.25, 0.3) is 0 Å². The van der Waals surface area contributed by atoms with E-state index in [0.29, 0.717) is 21.8 Å². The van der Waals surface area contributed by atoms with E-state index in [4.69, 9.17) is 28.9 Å². The molecule has 18 heavy (non-hydrogen) atoms. The van der Waals surface area contributed by atoms with E-state index < -0.39 is 0 Å². The van der Waals surface area contributed by atoms with Crippen molar-refractivity contribution in [3.63, 3.8) is 0 Å². The molecule has 0 spiro atoms. The molecule has 1 aromatic carbocycles. The van der Waals surface area contributed by atoms with Gasteiger partial charge in [-0.1, -0.05) is 30.1 Å². The second kappa shape index (κ2) is 7.07. The smallest absolute Gasteiger partial charge is 0.0614 e. The van der Waals surface area contributed by atoms with E-state index in [1.165, 1.54) is 0 Å². The Morgan fingerprint density at radius 2 is 1.94 bits per heavy atom. The maximum atomic E-state index is 5.96. The number of anilines is 2. The molecule has 0 aliphatic carbocycles. The zero-order valence-corrected chi connectivity index (χ0v) is 12.6. The van der Waals surface area contributed by atoms with Crippen LogP contribution in [0.5, 0.6) is 0 Å². The van der Waals surface area contributed by atoms with E-state index in [0.717, 1.165) is 25.2 Å². The average Bonchev–Trinajstić information content (AvgIpc) is 2.34. The largest absolute Gasteiger partial charge is 0.397 e. The van der Waals surface area contributed by atoms with Crippen LogP contribution in [0.15, 0.2) is 12.1 Å². The van der Waals surface area contributed by atoms with Crippen LogP contribution in [0.1, 0.15) is 20.3 Å². The van der Waals surface area contributed by atoms with Gasteiger partial charge < -0.3 is 16.0 Å². The fraction of sp³-hybridized carbons (Fsp3) is 0.538. The summed E-state index contributed by atoms with van der Waals surface area (Å²) in [4.78, 5) is 2.31. The van der Waals surface area contributed by atoms with Gasteiger partial charge in [0.2, 0.25) is 0 Å². The summed E-state index contributed by atoms with van der Waals surface area (Å²) in [6, 6.07) is 4.02. The highest BCUT2D eigenvalue weighted by atomic mass is 35.5. The van der Waals surface area contributed by atoms with Crippen LogP contribution in [-0.4, -0.2) is 31.1 Å². The molecule has 0 saturated carbocycles. The summed E-state index contributed by atoms with van der Waals surface area (Å²) < 4.78 is 0. The number of halogens is 2. The fourth-order valence-electron chi connectivity index (χ4n) is 1.61. The summed E-state index contributed by atoms with van der Waals surface area (Å²) in [5.41, 5.74) is 7.33. The van der Waals surface area contributed by atoms with Gasteiger partial charge in [-0.05, 0) is 32.5 Å². The third kappa shape index (κ3) is 4.23. The maximum Gasteiger partial charge on any atom is 0.0614 e. The summed E-state index contributed by atoms with van der Waals surface area (Å²) in [5.74, 6) is 0. The van der Waals surface area contributed by atoms with Crippen molar-refractivity contribution in [3.05, 3.63) is 22.2 Å². The third-order valence-electron chi connectivity index (χ3n) is 3.22. The topological polar surface area (TPSA) is 41.3 Å². The number of hydrogen-bond donors (Lipinski definition) is 2. The molecule has 0 aliphatic rings. The summed E-state index contributed by atoms with van der Waals surface area (Å²) in [6.45, 7) is 6.18. The third-order valence-corrected chi connectivity index (χ3v) is 3.94. The molecule has 5 heteroatoms. The van der Waals surface area contributed by atoms with Crippen molar-refractivity contribution in [1.82, 2.24) is 4.90 Å². The van der Waals surface area contributed by atoms with E-state index in [1.54, 1.807) is 12.1 Å². The summed E-state index contributed by atoms with van der Waals surface area (Å²) in [5, 5.41) is 4.28. The van der Waals surface area contributed by atoms with Gasteiger partial charge in [0.05, 0.1) is 21.4 Å². The molecule has 0 saturated heterocycles. The van der Waals surface area contributed by atoms with E-state index in [-0.39, 0.29) is 0 Å². The Balaban J connectivity index is 2.52. The molecule has 0 heterocycles. The van der Waals surface area contributed by atoms with Gasteiger partial charge in [0.25, 0.3) is 0 Å². The summed E-state index contributed by atoms with van der Waals surface area (Å²) in [6.07, 6.45) is 1.14. The SMILES string of the molecule is CCC(C)N(C)CCNc1cc(Cl)c(Cl)cc1N. The number of nitrogen functional groups attached to an aromatic ring is 1. The normalized spacial score (nSPS) is 12.8.